The molecule has 5 nitrogen and oxygen atoms in total. The first kappa shape index (κ1) is 12.6. The molecule has 2 heterocycles. The minimum absolute atomic E-state index is 0.229. The highest BCUT2D eigenvalue weighted by Gasteiger charge is 2.28. The fourth-order valence-corrected chi connectivity index (χ4v) is 2.23. The van der Waals surface area contributed by atoms with Crippen LogP contribution in [-0.2, 0) is 11.2 Å². The number of aryl methyl sites for hydroxylation is 1. The molecule has 2 atom stereocenters. The third kappa shape index (κ3) is 2.90. The van der Waals surface area contributed by atoms with Gasteiger partial charge in [-0.1, -0.05) is 12.0 Å². The van der Waals surface area contributed by atoms with Crippen LogP contribution in [0.25, 0.3) is 0 Å². The smallest absolute Gasteiger partial charge is 0.318 e. The Morgan fingerprint density at radius 1 is 1.53 bits per heavy atom. The Morgan fingerprint density at radius 2 is 2.35 bits per heavy atom. The van der Waals surface area contributed by atoms with E-state index in [9.17, 15) is 0 Å². The molecule has 1 aliphatic heterocycles. The quantitative estimate of drug-likeness (QED) is 0.771. The summed E-state index contributed by atoms with van der Waals surface area (Å²) < 4.78 is 11.0. The predicted molar refractivity (Wildman–Crippen MR) is 65.5 cm³/mol. The number of ether oxygens (including phenoxy) is 1. The highest BCUT2D eigenvalue weighted by Crippen LogP contribution is 2.23. The van der Waals surface area contributed by atoms with Crippen LogP contribution < -0.4 is 4.90 Å². The Balaban J connectivity index is 2.01. The molecule has 0 N–H and O–H groups in total. The number of hydrogen-bond donors (Lipinski definition) is 0. The lowest BCUT2D eigenvalue weighted by atomic mass is 9.96. The molecule has 96 valence electrons. The molecule has 0 radical (unpaired) electrons. The summed E-state index contributed by atoms with van der Waals surface area (Å²) >= 11 is 5.63. The van der Waals surface area contributed by atoms with Crippen molar-refractivity contribution in [3.05, 3.63) is 5.89 Å². The molecule has 1 aromatic heterocycles. The monoisotopic (exact) mass is 259 g/mol. The Hall–Kier alpha value is -0.810. The first-order chi connectivity index (χ1) is 8.24. The molecular formula is C11H18ClN3O2. The second kappa shape index (κ2) is 5.69. The van der Waals surface area contributed by atoms with Gasteiger partial charge in [-0.15, -0.1) is 16.7 Å². The first-order valence-electron chi connectivity index (χ1n) is 5.90. The van der Waals surface area contributed by atoms with Crippen LogP contribution in [0.4, 0.5) is 6.01 Å². The summed E-state index contributed by atoms with van der Waals surface area (Å²) in [6, 6.07) is 0.582. The average Bonchev–Trinajstić information content (AvgIpc) is 2.79. The minimum Gasteiger partial charge on any atom is -0.408 e. The zero-order chi connectivity index (χ0) is 12.3. The number of hydrogen-bond acceptors (Lipinski definition) is 5. The number of rotatable bonds is 4. The van der Waals surface area contributed by atoms with Crippen molar-refractivity contribution in [3.63, 3.8) is 0 Å². The molecule has 17 heavy (non-hydrogen) atoms. The lowest BCUT2D eigenvalue weighted by molar-refractivity contribution is 0.0485. The van der Waals surface area contributed by atoms with Crippen LogP contribution in [0.2, 0.25) is 0 Å². The molecule has 0 aliphatic carbocycles. The van der Waals surface area contributed by atoms with E-state index in [4.69, 9.17) is 20.8 Å². The van der Waals surface area contributed by atoms with Gasteiger partial charge in [-0.2, -0.15) is 0 Å². The topological polar surface area (TPSA) is 51.4 Å². The van der Waals surface area contributed by atoms with E-state index in [0.29, 0.717) is 30.1 Å². The molecule has 1 aliphatic rings. The summed E-state index contributed by atoms with van der Waals surface area (Å²) in [4.78, 5) is 2.08. The molecule has 2 rings (SSSR count). The largest absolute Gasteiger partial charge is 0.408 e. The lowest BCUT2D eigenvalue weighted by Gasteiger charge is -2.34. The highest BCUT2D eigenvalue weighted by molar-refractivity contribution is 6.17. The van der Waals surface area contributed by atoms with Crippen LogP contribution in [-0.4, -0.2) is 42.4 Å². The summed E-state index contributed by atoms with van der Waals surface area (Å²) in [7, 11) is 1.75. The van der Waals surface area contributed by atoms with Crippen molar-refractivity contribution in [1.82, 2.24) is 10.2 Å². The zero-order valence-electron chi connectivity index (χ0n) is 10.2. The van der Waals surface area contributed by atoms with Gasteiger partial charge in [0.2, 0.25) is 5.89 Å². The van der Waals surface area contributed by atoms with Crippen molar-refractivity contribution in [3.8, 4) is 0 Å². The maximum absolute atomic E-state index is 5.63. The van der Waals surface area contributed by atoms with E-state index in [0.717, 1.165) is 19.5 Å². The molecule has 2 unspecified atom stereocenters. The second-order valence-electron chi connectivity index (χ2n) is 4.40. The summed E-state index contributed by atoms with van der Waals surface area (Å²) in [5.41, 5.74) is 0. The van der Waals surface area contributed by atoms with Gasteiger partial charge in [-0.3, -0.25) is 0 Å². The molecule has 0 spiro atoms. The van der Waals surface area contributed by atoms with E-state index < -0.39 is 0 Å². The number of anilines is 1. The van der Waals surface area contributed by atoms with Gasteiger partial charge in [0, 0.05) is 32.5 Å². The molecule has 6 heteroatoms. The van der Waals surface area contributed by atoms with Gasteiger partial charge in [-0.05, 0) is 12.3 Å². The second-order valence-corrected chi connectivity index (χ2v) is 4.78. The molecule has 0 bridgehead atoms. The maximum atomic E-state index is 5.63. The summed E-state index contributed by atoms with van der Waals surface area (Å²) in [6.45, 7) is 3.95. The Labute approximate surface area is 106 Å². The number of alkyl halides is 1. The third-order valence-corrected chi connectivity index (χ3v) is 3.42. The van der Waals surface area contributed by atoms with Crippen molar-refractivity contribution in [1.29, 1.82) is 0 Å². The van der Waals surface area contributed by atoms with Gasteiger partial charge in [-0.25, -0.2) is 0 Å². The fourth-order valence-electron chi connectivity index (χ4n) is 2.07. The van der Waals surface area contributed by atoms with Crippen molar-refractivity contribution in [2.45, 2.75) is 25.9 Å². The summed E-state index contributed by atoms with van der Waals surface area (Å²) in [5.74, 6) is 1.67. The number of methoxy groups -OCH3 is 1. The SMILES string of the molecule is COC1CN(c2nnc(CCCl)o2)CCC1C. The van der Waals surface area contributed by atoms with E-state index in [-0.39, 0.29) is 6.10 Å². The molecule has 0 saturated carbocycles. The van der Waals surface area contributed by atoms with Gasteiger partial charge in [0.05, 0.1) is 6.10 Å². The van der Waals surface area contributed by atoms with Crippen LogP contribution in [0.1, 0.15) is 19.2 Å². The lowest BCUT2D eigenvalue weighted by Crippen LogP contribution is -2.44. The van der Waals surface area contributed by atoms with Crippen molar-refractivity contribution < 1.29 is 9.15 Å². The van der Waals surface area contributed by atoms with Crippen LogP contribution in [0.15, 0.2) is 4.42 Å². The Kier molecular flexibility index (Phi) is 4.23. The number of halogens is 1. The minimum atomic E-state index is 0.229. The first-order valence-corrected chi connectivity index (χ1v) is 6.44. The third-order valence-electron chi connectivity index (χ3n) is 3.23. The van der Waals surface area contributed by atoms with E-state index in [2.05, 4.69) is 22.0 Å². The summed E-state index contributed by atoms with van der Waals surface area (Å²) in [5, 5.41) is 8.01. The van der Waals surface area contributed by atoms with Crippen molar-refractivity contribution in [2.75, 3.05) is 31.0 Å². The average molecular weight is 260 g/mol. The van der Waals surface area contributed by atoms with Crippen LogP contribution in [0, 0.1) is 5.92 Å². The normalized spacial score (nSPS) is 25.2. The highest BCUT2D eigenvalue weighted by atomic mass is 35.5. The molecular weight excluding hydrogens is 242 g/mol. The number of piperidine rings is 1. The maximum Gasteiger partial charge on any atom is 0.318 e. The van der Waals surface area contributed by atoms with Gasteiger partial charge in [0.15, 0.2) is 0 Å². The van der Waals surface area contributed by atoms with Crippen LogP contribution in [0.5, 0.6) is 0 Å². The van der Waals surface area contributed by atoms with E-state index in [1.165, 1.54) is 0 Å². The Morgan fingerprint density at radius 3 is 3.06 bits per heavy atom. The predicted octanol–water partition coefficient (Wildman–Crippen LogP) is 1.71. The molecule has 1 saturated heterocycles. The van der Waals surface area contributed by atoms with Gasteiger partial charge >= 0.3 is 6.01 Å². The number of aromatic nitrogens is 2. The van der Waals surface area contributed by atoms with Crippen LogP contribution >= 0.6 is 11.6 Å². The molecule has 0 aromatic carbocycles. The number of nitrogens with zero attached hydrogens (tertiary/aromatic N) is 3. The molecule has 1 aromatic rings. The van der Waals surface area contributed by atoms with E-state index >= 15 is 0 Å². The fraction of sp³-hybridized carbons (Fsp3) is 0.818. The van der Waals surface area contributed by atoms with Gasteiger partial charge in [0.25, 0.3) is 0 Å². The van der Waals surface area contributed by atoms with Crippen LogP contribution in [0.3, 0.4) is 0 Å². The molecule has 0 amide bonds. The standard InChI is InChI=1S/C11H18ClN3O2/c1-8-4-6-15(7-9(8)16-2)11-14-13-10(17-11)3-5-12/h8-9H,3-7H2,1-2H3. The van der Waals surface area contributed by atoms with Gasteiger partial charge < -0.3 is 14.1 Å². The zero-order valence-corrected chi connectivity index (χ0v) is 11.0. The van der Waals surface area contributed by atoms with Crippen molar-refractivity contribution in [2.24, 2.45) is 5.92 Å². The summed E-state index contributed by atoms with van der Waals surface area (Å²) in [6.07, 6.45) is 1.92. The van der Waals surface area contributed by atoms with Crippen molar-refractivity contribution >= 4 is 17.6 Å². The molecule has 1 fully saturated rings. The van der Waals surface area contributed by atoms with E-state index in [1.807, 2.05) is 0 Å². The van der Waals surface area contributed by atoms with E-state index in [1.54, 1.807) is 7.11 Å². The van der Waals surface area contributed by atoms with Gasteiger partial charge in [0.1, 0.15) is 0 Å². The Bertz CT molecular complexity index is 358.